The van der Waals surface area contributed by atoms with Gasteiger partial charge in [0.2, 0.25) is 0 Å². The molecule has 0 spiro atoms. The van der Waals surface area contributed by atoms with E-state index in [0.717, 1.165) is 25.7 Å². The number of hydrogen-bond donors (Lipinski definition) is 0. The zero-order chi connectivity index (χ0) is 9.94. The Bertz CT molecular complexity index is 282. The molecule has 0 rings (SSSR count). The maximum Gasteiger partial charge on any atom is 0.124 e. The summed E-state index contributed by atoms with van der Waals surface area (Å²) in [5, 5.41) is 3.01. The molecular weight excluding hydrogens is 286 g/mol. The standard InChI is InChI=1S/C8H10IPS/c1-2-3-4-5-6-7-8-11(9)10/h1,10H,3-6H2/i1T,10T. The smallest absolute Gasteiger partial charge is 0.120 e. The van der Waals surface area contributed by atoms with Crippen LogP contribution in [0.3, 0.4) is 0 Å². The van der Waals surface area contributed by atoms with E-state index in [0.29, 0.717) is 7.96 Å². The molecule has 1 atom stereocenters. The Kier molecular flexibility index (Phi) is 6.34. The molecule has 0 aromatic rings. The summed E-state index contributed by atoms with van der Waals surface area (Å²) < 4.78 is 13.6. The molecule has 0 nitrogen and oxygen atoms in total. The predicted octanol–water partition coefficient (Wildman–Crippen LogP) is 3.17. The van der Waals surface area contributed by atoms with E-state index in [4.69, 9.17) is 2.65 Å². The van der Waals surface area contributed by atoms with Crippen molar-refractivity contribution in [3.63, 3.8) is 0 Å². The lowest BCUT2D eigenvalue weighted by atomic mass is 10.2. The third-order valence-electron chi connectivity index (χ3n) is 1.01. The Hall–Kier alpha value is 0.500. The fourth-order valence-corrected chi connectivity index (χ4v) is 1.42. The molecule has 0 saturated carbocycles. The zero-order valence-corrected chi connectivity index (χ0v) is 9.93. The van der Waals surface area contributed by atoms with Gasteiger partial charge in [0.1, 0.15) is 2.65 Å². The fraction of sp³-hybridized carbons (Fsp3) is 0.500. The van der Waals surface area contributed by atoms with Gasteiger partial charge in [-0.05, 0) is 25.3 Å². The lowest BCUT2D eigenvalue weighted by Crippen LogP contribution is -1.72. The van der Waals surface area contributed by atoms with Crippen molar-refractivity contribution in [2.24, 2.45) is 0 Å². The Balaban J connectivity index is 3.42. The van der Waals surface area contributed by atoms with Gasteiger partial charge >= 0.3 is 0 Å². The minimum Gasteiger partial charge on any atom is -0.120 e. The molecule has 3 heteroatoms. The molecule has 60 valence electrons. The SMILES string of the molecule is [3H]C#CCCCCC#CS(I)=P[3H]. The first-order valence-electron chi connectivity index (χ1n) is 4.20. The summed E-state index contributed by atoms with van der Waals surface area (Å²) >= 11 is 2.19. The van der Waals surface area contributed by atoms with Crippen molar-refractivity contribution in [1.82, 2.24) is 0 Å². The van der Waals surface area contributed by atoms with Crippen LogP contribution >= 0.6 is 29.2 Å². The van der Waals surface area contributed by atoms with Crippen molar-refractivity contribution < 1.29 is 1.37 Å². The molecule has 0 saturated heterocycles. The van der Waals surface area contributed by atoms with E-state index in [9.17, 15) is 0 Å². The number of halogens is 1. The summed E-state index contributed by atoms with van der Waals surface area (Å²) in [6.07, 6.45) is 5.89. The van der Waals surface area contributed by atoms with Gasteiger partial charge in [0.05, 0.1) is 0 Å². The largest absolute Gasteiger partial charge is 0.124 e. The molecule has 0 radical (unpaired) electrons. The van der Waals surface area contributed by atoms with Crippen LogP contribution in [-0.2, 0) is 7.24 Å². The molecule has 0 aliphatic rings. The van der Waals surface area contributed by atoms with Crippen molar-refractivity contribution >= 4 is 36.4 Å². The third kappa shape index (κ3) is 10.5. The molecule has 0 N–H and O–H groups in total. The summed E-state index contributed by atoms with van der Waals surface area (Å²) in [4.78, 5) is 0. The highest BCUT2D eigenvalue weighted by molar-refractivity contribution is 14.2. The molecule has 0 fully saturated rings. The highest BCUT2D eigenvalue weighted by Gasteiger charge is 1.81. The molecule has 0 aliphatic heterocycles. The predicted molar refractivity (Wildman–Crippen MR) is 64.8 cm³/mol. The average molecular weight is 300 g/mol. The number of terminal acetylenes is 1. The fourth-order valence-electron chi connectivity index (χ4n) is 0.537. The summed E-state index contributed by atoms with van der Waals surface area (Å²) in [7, 11) is 0.518. The van der Waals surface area contributed by atoms with Gasteiger partial charge in [-0.25, -0.2) is 0 Å². The monoisotopic (exact) mass is 300 g/mol. The van der Waals surface area contributed by atoms with Crippen molar-refractivity contribution in [2.45, 2.75) is 25.7 Å². The topological polar surface area (TPSA) is 0 Å². The minimum atomic E-state index is -0.0960. The summed E-state index contributed by atoms with van der Waals surface area (Å²) in [5.41, 5.74) is 0. The van der Waals surface area contributed by atoms with E-state index in [2.05, 4.69) is 44.7 Å². The van der Waals surface area contributed by atoms with Gasteiger partial charge in [0.15, 0.2) is 0 Å². The van der Waals surface area contributed by atoms with E-state index in [-0.39, 0.29) is 7.24 Å². The normalized spacial score (nSPS) is 13.2. The Morgan fingerprint density at radius 3 is 3.18 bits per heavy atom. The minimum absolute atomic E-state index is 0.0960. The van der Waals surface area contributed by atoms with E-state index in [1.807, 2.05) is 0 Å². The molecule has 0 aromatic carbocycles. The van der Waals surface area contributed by atoms with Crippen molar-refractivity contribution in [3.05, 3.63) is 0 Å². The second kappa shape index (κ2) is 8.60. The van der Waals surface area contributed by atoms with Crippen LogP contribution in [0.2, 0.25) is 0 Å². The molecule has 0 bridgehead atoms. The summed E-state index contributed by atoms with van der Waals surface area (Å²) in [6.45, 7) is 0. The van der Waals surface area contributed by atoms with E-state index in [1.54, 1.807) is 0 Å². The molecular formula is C8H10IPS. The van der Waals surface area contributed by atoms with Gasteiger partial charge in [-0.1, -0.05) is 13.9 Å². The Morgan fingerprint density at radius 2 is 2.45 bits per heavy atom. The highest BCUT2D eigenvalue weighted by atomic mass is 127. The zero-order valence-electron chi connectivity index (χ0n) is 8.06. The van der Waals surface area contributed by atoms with Gasteiger partial charge < -0.3 is 0 Å². The van der Waals surface area contributed by atoms with Crippen LogP contribution in [0.5, 0.6) is 0 Å². The summed E-state index contributed by atoms with van der Waals surface area (Å²) in [6, 6.07) is 0. The van der Waals surface area contributed by atoms with Crippen LogP contribution < -0.4 is 0 Å². The number of unbranched alkanes of at least 4 members (excludes halogenated alkanes) is 3. The molecule has 0 heterocycles. The molecule has 11 heavy (non-hydrogen) atoms. The molecule has 0 aliphatic carbocycles. The average Bonchev–Trinajstić information content (AvgIpc) is 2.16. The number of rotatable bonds is 3. The third-order valence-corrected chi connectivity index (χ3v) is 2.26. The Labute approximate surface area is 88.0 Å². The molecule has 0 amide bonds. The number of hydrogen-bond acceptors (Lipinski definition) is 0. The van der Waals surface area contributed by atoms with Crippen LogP contribution in [0.15, 0.2) is 0 Å². The first kappa shape index (κ1) is 8.11. The van der Waals surface area contributed by atoms with Crippen molar-refractivity contribution in [1.29, 1.82) is 1.28 Å². The van der Waals surface area contributed by atoms with Crippen LogP contribution in [0, 0.1) is 23.5 Å². The molecule has 0 aromatic heterocycles. The lowest BCUT2D eigenvalue weighted by molar-refractivity contribution is 0.783. The van der Waals surface area contributed by atoms with E-state index >= 15 is 0 Å². The second-order valence-corrected chi connectivity index (χ2v) is 8.41. The van der Waals surface area contributed by atoms with Crippen LogP contribution in [0.25, 0.3) is 0 Å². The first-order valence-corrected chi connectivity index (χ1v) is 8.07. The van der Waals surface area contributed by atoms with Gasteiger partial charge in [0.25, 0.3) is 0 Å². The van der Waals surface area contributed by atoms with E-state index < -0.39 is 0 Å². The van der Waals surface area contributed by atoms with Gasteiger partial charge in [-0.15, -0.1) is 12.3 Å². The van der Waals surface area contributed by atoms with Crippen molar-refractivity contribution in [3.8, 4) is 23.5 Å². The van der Waals surface area contributed by atoms with Crippen LogP contribution in [0.1, 0.15) is 27.1 Å². The maximum absolute atomic E-state index is 7.02. The maximum atomic E-state index is 7.02. The van der Waals surface area contributed by atoms with Gasteiger partial charge in [0, 0.05) is 34.0 Å². The highest BCUT2D eigenvalue weighted by Crippen LogP contribution is 2.00. The van der Waals surface area contributed by atoms with Crippen LogP contribution in [0.4, 0.5) is 0 Å². The van der Waals surface area contributed by atoms with E-state index in [1.165, 1.54) is 0 Å². The lowest BCUT2D eigenvalue weighted by Gasteiger charge is -1.87. The Morgan fingerprint density at radius 1 is 1.64 bits per heavy atom. The second-order valence-electron chi connectivity index (χ2n) is 1.90. The van der Waals surface area contributed by atoms with Crippen LogP contribution in [-0.4, -0.2) is 1.28 Å². The molecule has 1 unspecified atom stereocenters. The quantitative estimate of drug-likeness (QED) is 0.325. The summed E-state index contributed by atoms with van der Waals surface area (Å²) in [5.74, 6) is 5.74. The first-order chi connectivity index (χ1) is 6.31. The van der Waals surface area contributed by atoms with Crippen molar-refractivity contribution in [2.75, 3.05) is 0 Å². The van der Waals surface area contributed by atoms with Gasteiger partial charge in [-0.2, -0.15) is 0 Å². The van der Waals surface area contributed by atoms with Gasteiger partial charge in [-0.3, -0.25) is 0 Å².